The van der Waals surface area contributed by atoms with Crippen molar-refractivity contribution in [1.29, 1.82) is 0 Å². The first-order chi connectivity index (χ1) is 14.0. The number of carbonyl (C=O) groups is 2. The molecule has 0 aliphatic carbocycles. The first-order valence-corrected chi connectivity index (χ1v) is 8.80. The third-order valence-corrected chi connectivity index (χ3v) is 4.62. The van der Waals surface area contributed by atoms with E-state index >= 15 is 0 Å². The Labute approximate surface area is 166 Å². The number of ether oxygens (including phenoxy) is 1. The molecule has 1 N–H and O–H groups in total. The summed E-state index contributed by atoms with van der Waals surface area (Å²) in [6, 6.07) is 10.7. The van der Waals surface area contributed by atoms with Gasteiger partial charge in [-0.3, -0.25) is 14.5 Å². The standard InChI is InChI=1S/C21H17N3O5/c1-12-4-9-15(29-12)18(25)16-17(13-5-7-14(28-2)8-6-13)24(20(27)19(16)26)21-22-10-3-11-23-21/h3-11,17,26H,1-2H3. The van der Waals surface area contributed by atoms with Crippen LogP contribution in [0.1, 0.15) is 27.9 Å². The zero-order valence-electron chi connectivity index (χ0n) is 15.7. The van der Waals surface area contributed by atoms with E-state index in [9.17, 15) is 14.7 Å². The van der Waals surface area contributed by atoms with Gasteiger partial charge in [0.05, 0.1) is 18.7 Å². The van der Waals surface area contributed by atoms with Crippen molar-refractivity contribution in [1.82, 2.24) is 9.97 Å². The number of hydrogen-bond donors (Lipinski definition) is 1. The molecule has 4 rings (SSSR count). The van der Waals surface area contributed by atoms with E-state index in [1.807, 2.05) is 0 Å². The van der Waals surface area contributed by atoms with E-state index in [1.165, 1.54) is 30.5 Å². The van der Waals surface area contributed by atoms with Gasteiger partial charge in [0.2, 0.25) is 11.7 Å². The summed E-state index contributed by atoms with van der Waals surface area (Å²) in [5.74, 6) is -0.732. The molecule has 0 fully saturated rings. The molecule has 3 aromatic rings. The fraction of sp³-hybridized carbons (Fsp3) is 0.143. The average Bonchev–Trinajstić information content (AvgIpc) is 3.30. The first kappa shape index (κ1) is 18.4. The van der Waals surface area contributed by atoms with Crippen LogP contribution in [0.5, 0.6) is 5.75 Å². The molecule has 1 unspecified atom stereocenters. The average molecular weight is 391 g/mol. The lowest BCUT2D eigenvalue weighted by atomic mass is 9.95. The SMILES string of the molecule is COc1ccc(C2C(C(=O)c3ccc(C)o3)=C(O)C(=O)N2c2ncccn2)cc1. The van der Waals surface area contributed by atoms with E-state index < -0.39 is 23.5 Å². The zero-order valence-corrected chi connectivity index (χ0v) is 15.7. The molecule has 1 aliphatic heterocycles. The largest absolute Gasteiger partial charge is 0.503 e. The molecule has 1 aliphatic rings. The fourth-order valence-electron chi connectivity index (χ4n) is 3.25. The van der Waals surface area contributed by atoms with Crippen molar-refractivity contribution >= 4 is 17.6 Å². The lowest BCUT2D eigenvalue weighted by Crippen LogP contribution is -2.32. The van der Waals surface area contributed by atoms with Crippen LogP contribution in [0.2, 0.25) is 0 Å². The van der Waals surface area contributed by atoms with Gasteiger partial charge in [0.1, 0.15) is 11.5 Å². The van der Waals surface area contributed by atoms with Crippen molar-refractivity contribution in [3.05, 3.63) is 83.3 Å². The molecule has 0 spiro atoms. The molecule has 0 bridgehead atoms. The Morgan fingerprint density at radius 2 is 1.83 bits per heavy atom. The van der Waals surface area contributed by atoms with Crippen molar-refractivity contribution in [2.75, 3.05) is 12.0 Å². The number of aryl methyl sites for hydroxylation is 1. The Morgan fingerprint density at radius 1 is 1.14 bits per heavy atom. The van der Waals surface area contributed by atoms with Gasteiger partial charge in [-0.2, -0.15) is 0 Å². The highest BCUT2D eigenvalue weighted by atomic mass is 16.5. The molecule has 0 saturated heterocycles. The lowest BCUT2D eigenvalue weighted by Gasteiger charge is -2.24. The minimum absolute atomic E-state index is 0.0335. The van der Waals surface area contributed by atoms with Gasteiger partial charge in [0.15, 0.2) is 11.5 Å². The number of anilines is 1. The zero-order chi connectivity index (χ0) is 20.5. The number of amides is 1. The van der Waals surface area contributed by atoms with Crippen LogP contribution in [-0.4, -0.2) is 33.9 Å². The Hall–Kier alpha value is -3.94. The maximum Gasteiger partial charge on any atom is 0.296 e. The molecule has 1 atom stereocenters. The van der Waals surface area contributed by atoms with Crippen molar-refractivity contribution in [2.45, 2.75) is 13.0 Å². The molecule has 0 radical (unpaired) electrons. The highest BCUT2D eigenvalue weighted by Crippen LogP contribution is 2.41. The number of benzene rings is 1. The Kier molecular flexibility index (Phi) is 4.59. The highest BCUT2D eigenvalue weighted by Gasteiger charge is 2.46. The van der Waals surface area contributed by atoms with Crippen LogP contribution in [0.25, 0.3) is 0 Å². The summed E-state index contributed by atoms with van der Waals surface area (Å²) >= 11 is 0. The van der Waals surface area contributed by atoms with Gasteiger partial charge in [-0.1, -0.05) is 12.1 Å². The van der Waals surface area contributed by atoms with Crippen molar-refractivity contribution in [3.63, 3.8) is 0 Å². The molecular weight excluding hydrogens is 374 g/mol. The van der Waals surface area contributed by atoms with Gasteiger partial charge >= 0.3 is 0 Å². The number of aromatic nitrogens is 2. The van der Waals surface area contributed by atoms with Gasteiger partial charge in [-0.15, -0.1) is 0 Å². The molecule has 8 heteroatoms. The van der Waals surface area contributed by atoms with Crippen molar-refractivity contribution < 1.29 is 23.8 Å². The summed E-state index contributed by atoms with van der Waals surface area (Å²) in [5.41, 5.74) is 0.490. The summed E-state index contributed by atoms with van der Waals surface area (Å²) in [6.45, 7) is 1.70. The van der Waals surface area contributed by atoms with E-state index in [4.69, 9.17) is 9.15 Å². The molecule has 146 valence electrons. The number of furan rings is 1. The summed E-state index contributed by atoms with van der Waals surface area (Å²) < 4.78 is 10.6. The molecule has 2 aromatic heterocycles. The van der Waals surface area contributed by atoms with Crippen LogP contribution in [0.4, 0.5) is 5.95 Å². The van der Waals surface area contributed by atoms with E-state index in [-0.39, 0.29) is 17.3 Å². The predicted molar refractivity (Wildman–Crippen MR) is 103 cm³/mol. The maximum atomic E-state index is 13.1. The monoisotopic (exact) mass is 391 g/mol. The van der Waals surface area contributed by atoms with Gasteiger partial charge in [-0.05, 0) is 42.8 Å². The van der Waals surface area contributed by atoms with E-state index in [2.05, 4.69) is 9.97 Å². The van der Waals surface area contributed by atoms with Crippen LogP contribution >= 0.6 is 0 Å². The van der Waals surface area contributed by atoms with Crippen molar-refractivity contribution in [3.8, 4) is 5.75 Å². The summed E-state index contributed by atoms with van der Waals surface area (Å²) in [5, 5.41) is 10.6. The number of aliphatic hydroxyl groups excluding tert-OH is 1. The number of Topliss-reactive ketones (excluding diaryl/α,β-unsaturated/α-hetero) is 1. The van der Waals surface area contributed by atoms with E-state index in [0.717, 1.165) is 0 Å². The minimum atomic E-state index is -0.922. The van der Waals surface area contributed by atoms with Crippen LogP contribution in [0, 0.1) is 6.92 Å². The number of methoxy groups -OCH3 is 1. The number of aliphatic hydroxyl groups is 1. The van der Waals surface area contributed by atoms with Crippen LogP contribution in [-0.2, 0) is 4.79 Å². The van der Waals surface area contributed by atoms with Crippen molar-refractivity contribution in [2.24, 2.45) is 0 Å². The highest BCUT2D eigenvalue weighted by molar-refractivity contribution is 6.19. The second-order valence-electron chi connectivity index (χ2n) is 6.40. The number of ketones is 1. The molecular formula is C21H17N3O5. The number of hydrogen-bond acceptors (Lipinski definition) is 7. The van der Waals surface area contributed by atoms with Crippen LogP contribution in [0.15, 0.2) is 70.6 Å². The molecule has 0 saturated carbocycles. The van der Waals surface area contributed by atoms with Gasteiger partial charge in [-0.25, -0.2) is 9.97 Å². The normalized spacial score (nSPS) is 16.4. The van der Waals surface area contributed by atoms with Gasteiger partial charge < -0.3 is 14.3 Å². The molecule has 8 nitrogen and oxygen atoms in total. The van der Waals surface area contributed by atoms with E-state index in [1.54, 1.807) is 43.3 Å². The fourth-order valence-corrected chi connectivity index (χ4v) is 3.25. The molecule has 1 aromatic carbocycles. The third-order valence-electron chi connectivity index (χ3n) is 4.62. The molecule has 29 heavy (non-hydrogen) atoms. The summed E-state index contributed by atoms with van der Waals surface area (Å²) in [6.07, 6.45) is 2.96. The first-order valence-electron chi connectivity index (χ1n) is 8.80. The smallest absolute Gasteiger partial charge is 0.296 e. The second-order valence-corrected chi connectivity index (χ2v) is 6.40. The Morgan fingerprint density at radius 3 is 2.41 bits per heavy atom. The number of rotatable bonds is 5. The predicted octanol–water partition coefficient (Wildman–Crippen LogP) is 3.17. The maximum absolute atomic E-state index is 13.1. The summed E-state index contributed by atoms with van der Waals surface area (Å²) in [7, 11) is 1.54. The Bertz CT molecular complexity index is 1100. The Balaban J connectivity index is 1.86. The number of carbonyl (C=O) groups excluding carboxylic acids is 2. The van der Waals surface area contributed by atoms with E-state index in [0.29, 0.717) is 17.1 Å². The molecule has 3 heterocycles. The van der Waals surface area contributed by atoms with Gasteiger partial charge in [0, 0.05) is 12.4 Å². The number of nitrogens with zero attached hydrogens (tertiary/aromatic N) is 3. The van der Waals surface area contributed by atoms with Gasteiger partial charge in [0.25, 0.3) is 5.91 Å². The third kappa shape index (κ3) is 3.14. The quantitative estimate of drug-likeness (QED) is 0.666. The molecule has 1 amide bonds. The minimum Gasteiger partial charge on any atom is -0.503 e. The van der Waals surface area contributed by atoms with Crippen LogP contribution in [0.3, 0.4) is 0 Å². The summed E-state index contributed by atoms with van der Waals surface area (Å²) in [4.78, 5) is 35.5. The second kappa shape index (κ2) is 7.23. The lowest BCUT2D eigenvalue weighted by molar-refractivity contribution is -0.117. The van der Waals surface area contributed by atoms with Crippen LogP contribution < -0.4 is 9.64 Å². The topological polar surface area (TPSA) is 106 Å².